The summed E-state index contributed by atoms with van der Waals surface area (Å²) in [5.41, 5.74) is 3.45. The normalized spacial score (nSPS) is 19.3. The highest BCUT2D eigenvalue weighted by molar-refractivity contribution is 7.13. The summed E-state index contributed by atoms with van der Waals surface area (Å²) in [6.07, 6.45) is 1.01. The van der Waals surface area contributed by atoms with E-state index in [-0.39, 0.29) is 12.1 Å². The Morgan fingerprint density at radius 1 is 1.39 bits per heavy atom. The van der Waals surface area contributed by atoms with E-state index in [1.54, 1.807) is 11.3 Å². The lowest BCUT2D eigenvalue weighted by Crippen LogP contribution is -2.38. The Labute approximate surface area is 140 Å². The van der Waals surface area contributed by atoms with Gasteiger partial charge in [0, 0.05) is 19.5 Å². The second-order valence-corrected chi connectivity index (χ2v) is 7.04. The van der Waals surface area contributed by atoms with Crippen molar-refractivity contribution in [2.45, 2.75) is 25.9 Å². The van der Waals surface area contributed by atoms with Crippen LogP contribution in [0.3, 0.4) is 0 Å². The van der Waals surface area contributed by atoms with E-state index in [4.69, 9.17) is 0 Å². The van der Waals surface area contributed by atoms with Gasteiger partial charge in [0.15, 0.2) is 5.13 Å². The first-order valence-electron chi connectivity index (χ1n) is 7.78. The highest BCUT2D eigenvalue weighted by atomic mass is 32.1. The molecule has 1 aliphatic rings. The molecule has 1 aromatic heterocycles. The fourth-order valence-corrected chi connectivity index (χ4v) is 3.72. The first-order valence-corrected chi connectivity index (χ1v) is 8.66. The smallest absolute Gasteiger partial charge is 0.315 e. The Bertz CT molecular complexity index is 697. The zero-order valence-corrected chi connectivity index (χ0v) is 14.5. The number of fused-ring (bicyclic) bond motifs is 1. The van der Waals surface area contributed by atoms with Gasteiger partial charge in [-0.1, -0.05) is 31.2 Å². The predicted octanol–water partition coefficient (Wildman–Crippen LogP) is 2.94. The first-order chi connectivity index (χ1) is 11.0. The Kier molecular flexibility index (Phi) is 4.52. The molecule has 0 fully saturated rings. The van der Waals surface area contributed by atoms with Crippen molar-refractivity contribution in [2.75, 3.05) is 19.0 Å². The highest BCUT2D eigenvalue weighted by Crippen LogP contribution is 2.35. The van der Waals surface area contributed by atoms with Crippen LogP contribution in [0.15, 0.2) is 29.6 Å². The average molecular weight is 330 g/mol. The Morgan fingerprint density at radius 2 is 2.17 bits per heavy atom. The molecule has 0 saturated carbocycles. The number of amides is 2. The molecule has 1 heterocycles. The zero-order chi connectivity index (χ0) is 16.4. The van der Waals surface area contributed by atoms with E-state index in [0.717, 1.165) is 17.2 Å². The number of hydrogen-bond acceptors (Lipinski definition) is 4. The molecule has 1 aromatic carbocycles. The number of carbonyl (C=O) groups excluding carboxylic acids is 1. The monoisotopic (exact) mass is 330 g/mol. The van der Waals surface area contributed by atoms with Crippen LogP contribution in [-0.4, -0.2) is 25.1 Å². The third kappa shape index (κ3) is 3.47. The molecule has 2 N–H and O–H groups in total. The largest absolute Gasteiger partial charge is 0.354 e. The van der Waals surface area contributed by atoms with E-state index < -0.39 is 0 Å². The molecule has 0 saturated heterocycles. The lowest BCUT2D eigenvalue weighted by Gasteiger charge is -2.19. The molecule has 23 heavy (non-hydrogen) atoms. The third-order valence-electron chi connectivity index (χ3n) is 4.14. The van der Waals surface area contributed by atoms with Crippen molar-refractivity contribution >= 4 is 22.5 Å². The number of carbonyl (C=O) groups is 1. The minimum Gasteiger partial charge on any atom is -0.354 e. The molecule has 5 nitrogen and oxygen atoms in total. The summed E-state index contributed by atoms with van der Waals surface area (Å²) in [7, 11) is 3.92. The molecule has 0 unspecified atom stereocenters. The minimum absolute atomic E-state index is 0.0824. The van der Waals surface area contributed by atoms with Crippen molar-refractivity contribution in [3.05, 3.63) is 46.5 Å². The molecular weight excluding hydrogens is 308 g/mol. The number of nitrogens with zero attached hydrogens (tertiary/aromatic N) is 2. The van der Waals surface area contributed by atoms with Gasteiger partial charge in [-0.25, -0.2) is 9.78 Å². The minimum atomic E-state index is -0.141. The van der Waals surface area contributed by atoms with Crippen molar-refractivity contribution in [3.8, 4) is 0 Å². The number of benzene rings is 1. The molecule has 6 heteroatoms. The van der Waals surface area contributed by atoms with Crippen LogP contribution in [0.2, 0.25) is 0 Å². The van der Waals surface area contributed by atoms with Crippen LogP contribution in [0.4, 0.5) is 9.93 Å². The summed E-state index contributed by atoms with van der Waals surface area (Å²) < 4.78 is 0. The Balaban J connectivity index is 1.57. The molecule has 3 rings (SSSR count). The van der Waals surface area contributed by atoms with Crippen LogP contribution >= 0.6 is 11.3 Å². The SMILES string of the molecule is C[C@H]1Cc2ccccc2[C@@H]1NC(=O)NCc1csc(N(C)C)n1. The number of thiazole rings is 1. The van der Waals surface area contributed by atoms with E-state index in [1.165, 1.54) is 11.1 Å². The van der Waals surface area contributed by atoms with Gasteiger partial charge in [0.05, 0.1) is 18.3 Å². The van der Waals surface area contributed by atoms with Crippen LogP contribution in [0, 0.1) is 5.92 Å². The van der Waals surface area contributed by atoms with Crippen molar-refractivity contribution in [2.24, 2.45) is 5.92 Å². The van der Waals surface area contributed by atoms with Crippen LogP contribution < -0.4 is 15.5 Å². The summed E-state index contributed by atoms with van der Waals surface area (Å²) >= 11 is 1.58. The lowest BCUT2D eigenvalue weighted by atomic mass is 10.0. The number of urea groups is 1. The first kappa shape index (κ1) is 15.8. The second kappa shape index (κ2) is 6.58. The fourth-order valence-electron chi connectivity index (χ4n) is 2.96. The second-order valence-electron chi connectivity index (χ2n) is 6.20. The molecule has 122 valence electrons. The van der Waals surface area contributed by atoms with Crippen LogP contribution in [-0.2, 0) is 13.0 Å². The summed E-state index contributed by atoms with van der Waals surface area (Å²) in [6, 6.07) is 8.27. The van der Waals surface area contributed by atoms with Crippen molar-refractivity contribution in [3.63, 3.8) is 0 Å². The van der Waals surface area contributed by atoms with Crippen LogP contribution in [0.25, 0.3) is 0 Å². The van der Waals surface area contributed by atoms with Gasteiger partial charge in [-0.2, -0.15) is 0 Å². The summed E-state index contributed by atoms with van der Waals surface area (Å²) in [4.78, 5) is 18.6. The van der Waals surface area contributed by atoms with Crippen LogP contribution in [0.1, 0.15) is 29.8 Å². The van der Waals surface area contributed by atoms with Gasteiger partial charge < -0.3 is 15.5 Å². The number of rotatable bonds is 4. The number of nitrogens with one attached hydrogen (secondary N) is 2. The van der Waals surface area contributed by atoms with E-state index >= 15 is 0 Å². The van der Waals surface area contributed by atoms with Gasteiger partial charge in [-0.05, 0) is 23.5 Å². The molecule has 0 aliphatic heterocycles. The van der Waals surface area contributed by atoms with Crippen molar-refractivity contribution in [1.29, 1.82) is 0 Å². The Morgan fingerprint density at radius 3 is 2.91 bits per heavy atom. The number of anilines is 1. The maximum absolute atomic E-state index is 12.2. The van der Waals surface area contributed by atoms with E-state index in [9.17, 15) is 4.79 Å². The number of hydrogen-bond donors (Lipinski definition) is 2. The maximum Gasteiger partial charge on any atom is 0.315 e. The van der Waals surface area contributed by atoms with Gasteiger partial charge in [0.2, 0.25) is 0 Å². The predicted molar refractivity (Wildman–Crippen MR) is 93.9 cm³/mol. The van der Waals surface area contributed by atoms with Gasteiger partial charge in [-0.15, -0.1) is 11.3 Å². The standard InChI is InChI=1S/C17H22N4OS/c1-11-8-12-6-4-5-7-14(12)15(11)20-16(22)18-9-13-10-23-17(19-13)21(2)3/h4-7,10-11,15H,8-9H2,1-3H3,(H2,18,20,22)/t11-,15+/m0/s1. The molecule has 2 amide bonds. The molecule has 0 radical (unpaired) electrons. The molecule has 0 bridgehead atoms. The summed E-state index contributed by atoms with van der Waals surface area (Å²) in [5, 5.41) is 8.93. The molecular formula is C17H22N4OS. The van der Waals surface area contributed by atoms with Gasteiger partial charge in [0.1, 0.15) is 0 Å². The number of aromatic nitrogens is 1. The molecule has 1 aliphatic carbocycles. The quantitative estimate of drug-likeness (QED) is 0.906. The van der Waals surface area contributed by atoms with E-state index in [2.05, 4.69) is 40.7 Å². The van der Waals surface area contributed by atoms with Gasteiger partial charge in [-0.3, -0.25) is 0 Å². The molecule has 2 aromatic rings. The summed E-state index contributed by atoms with van der Waals surface area (Å²) in [5.74, 6) is 0.415. The topological polar surface area (TPSA) is 57.3 Å². The van der Waals surface area contributed by atoms with E-state index in [1.807, 2.05) is 30.4 Å². The maximum atomic E-state index is 12.2. The molecule has 0 spiro atoms. The van der Waals surface area contributed by atoms with Crippen LogP contribution in [0.5, 0.6) is 0 Å². The van der Waals surface area contributed by atoms with Crippen molar-refractivity contribution < 1.29 is 4.79 Å². The summed E-state index contributed by atoms with van der Waals surface area (Å²) in [6.45, 7) is 2.62. The average Bonchev–Trinajstić information content (AvgIpc) is 3.11. The van der Waals surface area contributed by atoms with Gasteiger partial charge >= 0.3 is 6.03 Å². The highest BCUT2D eigenvalue weighted by Gasteiger charge is 2.30. The van der Waals surface area contributed by atoms with E-state index in [0.29, 0.717) is 12.5 Å². The Hall–Kier alpha value is -2.08. The lowest BCUT2D eigenvalue weighted by molar-refractivity contribution is 0.233. The van der Waals surface area contributed by atoms with Crippen molar-refractivity contribution in [1.82, 2.24) is 15.6 Å². The van der Waals surface area contributed by atoms with Gasteiger partial charge in [0.25, 0.3) is 0 Å². The molecule has 2 atom stereocenters. The zero-order valence-electron chi connectivity index (χ0n) is 13.7. The third-order valence-corrected chi connectivity index (χ3v) is 5.20. The fraction of sp³-hybridized carbons (Fsp3) is 0.412.